The maximum atomic E-state index is 11.2. The van der Waals surface area contributed by atoms with E-state index < -0.39 is 4.92 Å². The van der Waals surface area contributed by atoms with Crippen molar-refractivity contribution in [3.05, 3.63) is 15.9 Å². The van der Waals surface area contributed by atoms with Crippen LogP contribution in [0.15, 0.2) is 0 Å². The SMILES string of the molecule is CCOc1nc(CC)nc(NCCCOC)c1[N+](=O)[O-]. The molecule has 1 aromatic rings. The molecule has 0 saturated heterocycles. The number of nitrogens with one attached hydrogen (secondary N) is 1. The Balaban J connectivity index is 3.03. The van der Waals surface area contributed by atoms with E-state index in [0.717, 1.165) is 6.42 Å². The van der Waals surface area contributed by atoms with E-state index >= 15 is 0 Å². The lowest BCUT2D eigenvalue weighted by Crippen LogP contribution is -2.12. The van der Waals surface area contributed by atoms with Crippen LogP contribution in [0.25, 0.3) is 0 Å². The molecule has 8 nitrogen and oxygen atoms in total. The molecule has 1 N–H and O–H groups in total. The quantitative estimate of drug-likeness (QED) is 0.419. The van der Waals surface area contributed by atoms with Gasteiger partial charge in [-0.1, -0.05) is 6.92 Å². The van der Waals surface area contributed by atoms with Crippen LogP contribution in [-0.4, -0.2) is 41.8 Å². The average Bonchev–Trinajstić information content (AvgIpc) is 2.43. The first-order chi connectivity index (χ1) is 9.63. The summed E-state index contributed by atoms with van der Waals surface area (Å²) in [7, 11) is 1.61. The molecule has 1 rings (SSSR count). The Morgan fingerprint density at radius 2 is 2.10 bits per heavy atom. The lowest BCUT2D eigenvalue weighted by molar-refractivity contribution is -0.385. The number of hydrogen-bond donors (Lipinski definition) is 1. The molecule has 0 amide bonds. The number of aryl methyl sites for hydroxylation is 1. The second-order valence-electron chi connectivity index (χ2n) is 3.96. The predicted molar refractivity (Wildman–Crippen MR) is 74.2 cm³/mol. The van der Waals surface area contributed by atoms with E-state index in [2.05, 4.69) is 15.3 Å². The molecule has 0 bridgehead atoms. The Labute approximate surface area is 117 Å². The summed E-state index contributed by atoms with van der Waals surface area (Å²) < 4.78 is 10.2. The first-order valence-electron chi connectivity index (χ1n) is 6.54. The molecule has 1 aromatic heterocycles. The standard InChI is InChI=1S/C12H20N4O4/c1-4-9-14-11(13-7-6-8-19-3)10(16(17)18)12(15-9)20-5-2/h4-8H2,1-3H3,(H,13,14,15). The van der Waals surface area contributed by atoms with Crippen LogP contribution in [0.4, 0.5) is 11.5 Å². The zero-order valence-corrected chi connectivity index (χ0v) is 12.0. The number of nitrogens with zero attached hydrogens (tertiary/aromatic N) is 3. The number of methoxy groups -OCH3 is 1. The zero-order valence-electron chi connectivity index (χ0n) is 12.0. The molecule has 8 heteroatoms. The third-order valence-corrected chi connectivity index (χ3v) is 2.50. The van der Waals surface area contributed by atoms with Crippen molar-refractivity contribution >= 4 is 11.5 Å². The van der Waals surface area contributed by atoms with Gasteiger partial charge in [-0.05, 0) is 13.3 Å². The highest BCUT2D eigenvalue weighted by Crippen LogP contribution is 2.31. The summed E-state index contributed by atoms with van der Waals surface area (Å²) >= 11 is 0. The fourth-order valence-corrected chi connectivity index (χ4v) is 1.59. The van der Waals surface area contributed by atoms with Gasteiger partial charge in [0.15, 0.2) is 0 Å². The number of rotatable bonds is 9. The molecule has 0 radical (unpaired) electrons. The van der Waals surface area contributed by atoms with Crippen LogP contribution in [0.5, 0.6) is 5.88 Å². The third-order valence-electron chi connectivity index (χ3n) is 2.50. The molecule has 0 saturated carbocycles. The lowest BCUT2D eigenvalue weighted by Gasteiger charge is -2.10. The molecule has 0 unspecified atom stereocenters. The minimum Gasteiger partial charge on any atom is -0.473 e. The summed E-state index contributed by atoms with van der Waals surface area (Å²) in [5.74, 6) is 0.716. The Morgan fingerprint density at radius 3 is 2.65 bits per heavy atom. The van der Waals surface area contributed by atoms with Crippen LogP contribution < -0.4 is 10.1 Å². The van der Waals surface area contributed by atoms with Crippen molar-refractivity contribution in [1.82, 2.24) is 9.97 Å². The van der Waals surface area contributed by atoms with E-state index in [1.54, 1.807) is 14.0 Å². The fraction of sp³-hybridized carbons (Fsp3) is 0.667. The Hall–Kier alpha value is -1.96. The van der Waals surface area contributed by atoms with E-state index in [0.29, 0.717) is 32.0 Å². The first kappa shape index (κ1) is 16.1. The number of ether oxygens (including phenoxy) is 2. The molecule has 1 heterocycles. The molecule has 20 heavy (non-hydrogen) atoms. The van der Waals surface area contributed by atoms with Crippen LogP contribution in [-0.2, 0) is 11.2 Å². The number of nitro groups is 1. The maximum absolute atomic E-state index is 11.2. The fourth-order valence-electron chi connectivity index (χ4n) is 1.59. The van der Waals surface area contributed by atoms with Crippen LogP contribution in [0.1, 0.15) is 26.1 Å². The minimum absolute atomic E-state index is 0.0126. The van der Waals surface area contributed by atoms with Crippen molar-refractivity contribution in [2.45, 2.75) is 26.7 Å². The number of aromatic nitrogens is 2. The van der Waals surface area contributed by atoms with Gasteiger partial charge in [-0.25, -0.2) is 4.98 Å². The van der Waals surface area contributed by atoms with Gasteiger partial charge in [0.25, 0.3) is 5.88 Å². The zero-order chi connectivity index (χ0) is 15.0. The summed E-state index contributed by atoms with van der Waals surface area (Å²) in [6.07, 6.45) is 1.30. The molecule has 0 aromatic carbocycles. The van der Waals surface area contributed by atoms with Gasteiger partial charge in [0.05, 0.1) is 11.5 Å². The molecule has 0 atom stereocenters. The van der Waals surface area contributed by atoms with Crippen LogP contribution >= 0.6 is 0 Å². The van der Waals surface area contributed by atoms with E-state index in [9.17, 15) is 10.1 Å². The van der Waals surface area contributed by atoms with Crippen LogP contribution in [0.3, 0.4) is 0 Å². The highest BCUT2D eigenvalue weighted by molar-refractivity contribution is 5.61. The average molecular weight is 284 g/mol. The second-order valence-corrected chi connectivity index (χ2v) is 3.96. The smallest absolute Gasteiger partial charge is 0.372 e. The molecule has 0 spiro atoms. The van der Waals surface area contributed by atoms with Crippen LogP contribution in [0, 0.1) is 10.1 Å². The van der Waals surface area contributed by atoms with Gasteiger partial charge >= 0.3 is 5.69 Å². The summed E-state index contributed by atoms with van der Waals surface area (Å²) in [6, 6.07) is 0. The topological polar surface area (TPSA) is 99.4 Å². The Bertz CT molecular complexity index is 453. The molecular formula is C12H20N4O4. The van der Waals surface area contributed by atoms with E-state index in [4.69, 9.17) is 9.47 Å². The van der Waals surface area contributed by atoms with E-state index in [1.807, 2.05) is 6.92 Å². The Morgan fingerprint density at radius 1 is 1.35 bits per heavy atom. The van der Waals surface area contributed by atoms with Crippen molar-refractivity contribution in [2.24, 2.45) is 0 Å². The highest BCUT2D eigenvalue weighted by Gasteiger charge is 2.25. The first-order valence-corrected chi connectivity index (χ1v) is 6.54. The van der Waals surface area contributed by atoms with Gasteiger partial charge in [0, 0.05) is 26.7 Å². The van der Waals surface area contributed by atoms with Gasteiger partial charge in [-0.3, -0.25) is 10.1 Å². The van der Waals surface area contributed by atoms with Gasteiger partial charge in [-0.15, -0.1) is 0 Å². The summed E-state index contributed by atoms with van der Waals surface area (Å²) in [5.41, 5.74) is -0.221. The van der Waals surface area contributed by atoms with Gasteiger partial charge in [0.1, 0.15) is 5.82 Å². The summed E-state index contributed by atoms with van der Waals surface area (Å²) in [6.45, 7) is 5.05. The minimum atomic E-state index is -0.525. The normalized spacial score (nSPS) is 10.3. The number of hydrogen-bond acceptors (Lipinski definition) is 7. The van der Waals surface area contributed by atoms with Crippen molar-refractivity contribution in [2.75, 3.05) is 32.2 Å². The molecule has 0 aliphatic heterocycles. The highest BCUT2D eigenvalue weighted by atomic mass is 16.6. The van der Waals surface area contributed by atoms with E-state index in [1.165, 1.54) is 0 Å². The predicted octanol–water partition coefficient (Wildman–Crippen LogP) is 1.79. The molecule has 0 aliphatic rings. The summed E-state index contributed by atoms with van der Waals surface area (Å²) in [4.78, 5) is 18.9. The van der Waals surface area contributed by atoms with Crippen molar-refractivity contribution < 1.29 is 14.4 Å². The maximum Gasteiger partial charge on any atom is 0.372 e. The molecular weight excluding hydrogens is 264 g/mol. The van der Waals surface area contributed by atoms with Crippen molar-refractivity contribution in [3.8, 4) is 5.88 Å². The molecule has 0 aliphatic carbocycles. The molecule has 0 fully saturated rings. The van der Waals surface area contributed by atoms with Gasteiger partial charge in [0.2, 0.25) is 5.82 Å². The van der Waals surface area contributed by atoms with Crippen LogP contribution in [0.2, 0.25) is 0 Å². The summed E-state index contributed by atoms with van der Waals surface area (Å²) in [5, 5.41) is 14.1. The third kappa shape index (κ3) is 4.30. The Kier molecular flexibility index (Phi) is 6.65. The van der Waals surface area contributed by atoms with E-state index in [-0.39, 0.29) is 17.4 Å². The lowest BCUT2D eigenvalue weighted by atomic mass is 10.3. The van der Waals surface area contributed by atoms with Crippen molar-refractivity contribution in [3.63, 3.8) is 0 Å². The second kappa shape index (κ2) is 8.26. The molecule has 112 valence electrons. The number of anilines is 1. The largest absolute Gasteiger partial charge is 0.473 e. The van der Waals surface area contributed by atoms with Gasteiger partial charge in [-0.2, -0.15) is 4.98 Å². The van der Waals surface area contributed by atoms with Crippen molar-refractivity contribution in [1.29, 1.82) is 0 Å². The monoisotopic (exact) mass is 284 g/mol. The van der Waals surface area contributed by atoms with Gasteiger partial charge < -0.3 is 14.8 Å².